The number of fused-ring (bicyclic) bond motifs is 4. The zero-order chi connectivity index (χ0) is 28.1. The van der Waals surface area contributed by atoms with Gasteiger partial charge >= 0.3 is 0 Å². The molecule has 0 saturated heterocycles. The second-order valence-electron chi connectivity index (χ2n) is 13.7. The number of rotatable bonds is 2. The van der Waals surface area contributed by atoms with E-state index >= 15 is 0 Å². The molecule has 0 aromatic heterocycles. The highest BCUT2D eigenvalue weighted by atomic mass is 16.3. The Morgan fingerprint density at radius 3 is 1.13 bits per heavy atom. The van der Waals surface area contributed by atoms with Gasteiger partial charge in [-0.05, 0) is 106 Å². The third-order valence-electron chi connectivity index (χ3n) is 8.74. The molecule has 2 heteroatoms. The van der Waals surface area contributed by atoms with Gasteiger partial charge in [-0.1, -0.05) is 104 Å². The Hall–Kier alpha value is -1.90. The van der Waals surface area contributed by atoms with Crippen LogP contribution in [0.2, 0.25) is 0 Å². The molecule has 210 valence electrons. The summed E-state index contributed by atoms with van der Waals surface area (Å²) in [6.07, 6.45) is 12.4. The molecule has 2 nitrogen and oxygen atoms in total. The van der Waals surface area contributed by atoms with Crippen LogP contribution in [0.5, 0.6) is 0 Å². The van der Waals surface area contributed by atoms with Crippen molar-refractivity contribution in [2.75, 3.05) is 13.2 Å². The molecule has 0 amide bonds. The van der Waals surface area contributed by atoms with Crippen LogP contribution in [0, 0.1) is 13.8 Å². The number of benzene rings is 2. The molecule has 0 spiro atoms. The highest BCUT2D eigenvalue weighted by Gasteiger charge is 2.24. The van der Waals surface area contributed by atoms with Crippen LogP contribution in [0.3, 0.4) is 0 Å². The number of aliphatic hydroxyl groups excluding tert-OH is 2. The Balaban J connectivity index is 2.34. The first kappa shape index (κ1) is 30.6. The topological polar surface area (TPSA) is 40.5 Å². The van der Waals surface area contributed by atoms with Crippen LogP contribution in [0.1, 0.15) is 137 Å². The van der Waals surface area contributed by atoms with E-state index in [1.54, 1.807) is 0 Å². The lowest BCUT2D eigenvalue weighted by Crippen LogP contribution is -2.15. The van der Waals surface area contributed by atoms with E-state index < -0.39 is 0 Å². The third kappa shape index (κ3) is 7.39. The normalized spacial score (nSPS) is 18.7. The molecule has 2 aromatic carbocycles. The van der Waals surface area contributed by atoms with E-state index in [9.17, 15) is 10.2 Å². The zero-order valence-corrected chi connectivity index (χ0v) is 25.7. The van der Waals surface area contributed by atoms with E-state index in [0.29, 0.717) is 0 Å². The summed E-state index contributed by atoms with van der Waals surface area (Å²) in [6.45, 7) is 17.9. The van der Waals surface area contributed by atoms with Crippen LogP contribution in [0.25, 0.3) is 11.1 Å². The molecular formula is C36H54O2. The van der Waals surface area contributed by atoms with E-state index in [0.717, 1.165) is 35.1 Å². The SMILES string of the molecule is Cc1c2cc(C(C)(C)C)cc1/C(CO)=C(\CO)c1cc(C(C)(C)C)cc(c1C)CCCCCCCCCC2. The monoisotopic (exact) mass is 518 g/mol. The van der Waals surface area contributed by atoms with Gasteiger partial charge in [0.25, 0.3) is 0 Å². The van der Waals surface area contributed by atoms with Crippen molar-refractivity contribution in [3.8, 4) is 0 Å². The molecule has 0 saturated carbocycles. The molecule has 0 aliphatic heterocycles. The van der Waals surface area contributed by atoms with Crippen LogP contribution in [-0.4, -0.2) is 23.4 Å². The average Bonchev–Trinajstić information content (AvgIpc) is 2.84. The molecule has 0 fully saturated rings. The summed E-state index contributed by atoms with van der Waals surface area (Å²) in [7, 11) is 0. The van der Waals surface area contributed by atoms with Crippen molar-refractivity contribution >= 4 is 11.1 Å². The first-order valence-corrected chi connectivity index (χ1v) is 15.1. The van der Waals surface area contributed by atoms with Gasteiger partial charge in [0, 0.05) is 0 Å². The minimum atomic E-state index is -0.0850. The summed E-state index contributed by atoms with van der Waals surface area (Å²) >= 11 is 0. The first-order chi connectivity index (χ1) is 17.9. The third-order valence-corrected chi connectivity index (χ3v) is 8.74. The van der Waals surface area contributed by atoms with Gasteiger partial charge in [-0.15, -0.1) is 0 Å². The second kappa shape index (κ2) is 13.0. The van der Waals surface area contributed by atoms with Crippen LogP contribution in [0.4, 0.5) is 0 Å². The van der Waals surface area contributed by atoms with Crippen molar-refractivity contribution in [3.63, 3.8) is 0 Å². The van der Waals surface area contributed by atoms with Gasteiger partial charge in [-0.3, -0.25) is 0 Å². The molecule has 0 heterocycles. The van der Waals surface area contributed by atoms with Gasteiger partial charge in [0.15, 0.2) is 0 Å². The Morgan fingerprint density at radius 1 is 0.526 bits per heavy atom. The summed E-state index contributed by atoms with van der Waals surface area (Å²) < 4.78 is 0. The molecule has 0 atom stereocenters. The van der Waals surface area contributed by atoms with Gasteiger partial charge in [0.2, 0.25) is 0 Å². The highest BCUT2D eigenvalue weighted by molar-refractivity contribution is 5.94. The van der Waals surface area contributed by atoms with Crippen LogP contribution >= 0.6 is 0 Å². The number of hydrogen-bond acceptors (Lipinski definition) is 2. The molecule has 3 rings (SSSR count). The predicted molar refractivity (Wildman–Crippen MR) is 165 cm³/mol. The van der Waals surface area contributed by atoms with Gasteiger partial charge in [0.05, 0.1) is 13.2 Å². The summed E-state index contributed by atoms with van der Waals surface area (Å²) in [4.78, 5) is 0. The minimum absolute atomic E-state index is 0.00336. The van der Waals surface area contributed by atoms with E-state index in [2.05, 4.69) is 79.7 Å². The zero-order valence-electron chi connectivity index (χ0n) is 25.7. The fourth-order valence-electron chi connectivity index (χ4n) is 5.94. The molecular weight excluding hydrogens is 464 g/mol. The second-order valence-corrected chi connectivity index (χ2v) is 13.7. The maximum absolute atomic E-state index is 10.9. The average molecular weight is 519 g/mol. The van der Waals surface area contributed by atoms with E-state index in [1.165, 1.54) is 84.7 Å². The Morgan fingerprint density at radius 2 is 0.842 bits per heavy atom. The standard InChI is InChI=1S/C36H54O2/c1-25-27-17-15-13-11-9-10-12-14-16-18-28-20-30(36(6,7)8)22-32(26(28)2)34(24-38)33(23-37)31(25)21-29(19-27)35(3,4)5/h19-22,37-38H,9-18,23-24H2,1-8H3/b34-33+. The van der Waals surface area contributed by atoms with Crippen LogP contribution < -0.4 is 0 Å². The molecule has 1 aliphatic carbocycles. The van der Waals surface area contributed by atoms with E-state index in [4.69, 9.17) is 0 Å². The summed E-state index contributed by atoms with van der Waals surface area (Å²) in [5.41, 5.74) is 11.8. The molecule has 0 radical (unpaired) electrons. The van der Waals surface area contributed by atoms with Crippen LogP contribution in [-0.2, 0) is 23.7 Å². The fourth-order valence-corrected chi connectivity index (χ4v) is 5.94. The van der Waals surface area contributed by atoms with Crippen LogP contribution in [0.15, 0.2) is 24.3 Å². The van der Waals surface area contributed by atoms with Gasteiger partial charge in [-0.2, -0.15) is 0 Å². The first-order valence-electron chi connectivity index (χ1n) is 15.1. The lowest BCUT2D eigenvalue weighted by atomic mass is 9.78. The minimum Gasteiger partial charge on any atom is -0.392 e. The summed E-state index contributed by atoms with van der Waals surface area (Å²) in [5.74, 6) is 0. The van der Waals surface area contributed by atoms with E-state index in [-0.39, 0.29) is 24.0 Å². The number of aliphatic hydroxyl groups is 2. The Bertz CT molecular complexity index is 1030. The Labute approximate surface area is 233 Å². The fraction of sp³-hybridized carbons (Fsp3) is 0.611. The van der Waals surface area contributed by atoms with Crippen molar-refractivity contribution in [1.82, 2.24) is 0 Å². The quantitative estimate of drug-likeness (QED) is 0.416. The molecule has 1 aliphatic rings. The molecule has 2 N–H and O–H groups in total. The van der Waals surface area contributed by atoms with E-state index in [1.807, 2.05) is 0 Å². The molecule has 2 aromatic rings. The van der Waals surface area contributed by atoms with Gasteiger partial charge < -0.3 is 10.2 Å². The Kier molecular flexibility index (Phi) is 10.5. The van der Waals surface area contributed by atoms with Crippen molar-refractivity contribution in [2.24, 2.45) is 0 Å². The molecule has 4 bridgehead atoms. The van der Waals surface area contributed by atoms with Crippen molar-refractivity contribution in [2.45, 2.75) is 130 Å². The molecule has 0 unspecified atom stereocenters. The van der Waals surface area contributed by atoms with Crippen molar-refractivity contribution < 1.29 is 10.2 Å². The van der Waals surface area contributed by atoms with Gasteiger partial charge in [-0.25, -0.2) is 0 Å². The van der Waals surface area contributed by atoms with Gasteiger partial charge in [0.1, 0.15) is 0 Å². The predicted octanol–water partition coefficient (Wildman–Crippen LogP) is 9.01. The largest absolute Gasteiger partial charge is 0.392 e. The van der Waals surface area contributed by atoms with Crippen molar-refractivity contribution in [3.05, 3.63) is 68.8 Å². The summed E-state index contributed by atoms with van der Waals surface area (Å²) in [5, 5.41) is 21.7. The highest BCUT2D eigenvalue weighted by Crippen LogP contribution is 2.38. The van der Waals surface area contributed by atoms with Crippen molar-refractivity contribution in [1.29, 1.82) is 0 Å². The number of aryl methyl sites for hydroxylation is 2. The lowest BCUT2D eigenvalue weighted by Gasteiger charge is -2.27. The smallest absolute Gasteiger partial charge is 0.0691 e. The lowest BCUT2D eigenvalue weighted by molar-refractivity contribution is 0.340. The maximum atomic E-state index is 10.9. The summed E-state index contributed by atoms with van der Waals surface area (Å²) in [6, 6.07) is 9.35. The molecule has 38 heavy (non-hydrogen) atoms. The maximum Gasteiger partial charge on any atom is 0.0691 e. The number of hydrogen-bond donors (Lipinski definition) is 2.